The van der Waals surface area contributed by atoms with Crippen molar-refractivity contribution in [2.75, 3.05) is 0 Å². The predicted molar refractivity (Wildman–Crippen MR) is 66.9 cm³/mol. The Kier molecular flexibility index (Phi) is 5.24. The van der Waals surface area contributed by atoms with Crippen molar-refractivity contribution in [2.45, 2.75) is 36.6 Å². The van der Waals surface area contributed by atoms with E-state index in [1.54, 1.807) is 12.1 Å². The summed E-state index contributed by atoms with van der Waals surface area (Å²) in [5.74, 6) is 0. The molecule has 1 aromatic rings. The molecule has 1 heterocycles. The maximum absolute atomic E-state index is 13.8. The lowest BCUT2D eigenvalue weighted by Crippen LogP contribution is -3.98. The van der Waals surface area contributed by atoms with Gasteiger partial charge in [0.1, 0.15) is 10.3 Å². The van der Waals surface area contributed by atoms with Crippen molar-refractivity contribution < 1.29 is 43.6 Å². The van der Waals surface area contributed by atoms with Gasteiger partial charge in [0.05, 0.1) is 0 Å². The summed E-state index contributed by atoms with van der Waals surface area (Å²) in [6.45, 7) is 1.87. The zero-order valence-corrected chi connectivity index (χ0v) is 14.1. The number of allylic oxidation sites excluding steroid dienone is 1. The predicted octanol–water partition coefficient (Wildman–Crippen LogP) is -0.0635. The van der Waals surface area contributed by atoms with Crippen LogP contribution in [0.1, 0.15) is 31.7 Å². The first-order valence-corrected chi connectivity index (χ1v) is 10.5. The minimum Gasteiger partial charge on any atom is -0.395 e. The summed E-state index contributed by atoms with van der Waals surface area (Å²) in [5, 5.41) is 0. The summed E-state index contributed by atoms with van der Waals surface area (Å²) in [4.78, 5) is -0.00958. The van der Waals surface area contributed by atoms with Crippen LogP contribution in [0.4, 0.5) is 13.2 Å². The Labute approximate surface area is 131 Å². The van der Waals surface area contributed by atoms with Crippen LogP contribution in [-0.2, 0) is 2.51 Å². The molecule has 1 aliphatic rings. The molecule has 0 fully saturated rings. The van der Waals surface area contributed by atoms with Crippen molar-refractivity contribution in [1.29, 1.82) is 0 Å². The number of hydrogen-bond acceptors (Lipinski definition) is 3. The molecule has 0 spiro atoms. The molecule has 0 aliphatic carbocycles. The van der Waals surface area contributed by atoms with Crippen molar-refractivity contribution in [2.24, 2.45) is 0 Å². The van der Waals surface area contributed by atoms with Crippen molar-refractivity contribution in [1.82, 2.24) is 0 Å². The molecule has 0 N–H and O–H groups in total. The Morgan fingerprint density at radius 2 is 1.90 bits per heavy atom. The monoisotopic (exact) mass is 434 g/mol. The van der Waals surface area contributed by atoms with Crippen LogP contribution in [0.3, 0.4) is 0 Å². The lowest BCUT2D eigenvalue weighted by atomic mass is 10.2. The maximum atomic E-state index is 13.8. The first kappa shape index (κ1) is 17.1. The van der Waals surface area contributed by atoms with E-state index in [1.807, 2.05) is 6.92 Å². The molecule has 0 amide bonds. The van der Waals surface area contributed by atoms with Gasteiger partial charge in [-0.05, 0) is 30.5 Å². The van der Waals surface area contributed by atoms with Gasteiger partial charge in [-0.3, -0.25) is 0 Å². The number of halogens is 4. The second-order valence-corrected chi connectivity index (χ2v) is 9.33. The molecule has 0 aromatic heterocycles. The van der Waals surface area contributed by atoms with E-state index in [-0.39, 0.29) is 16.2 Å². The molecular weight excluding hydrogens is 420 g/mol. The van der Waals surface area contributed by atoms with E-state index in [0.717, 1.165) is 6.42 Å². The average Bonchev–Trinajstić information content (AvgIpc) is 2.70. The van der Waals surface area contributed by atoms with E-state index in [9.17, 15) is 20.0 Å². The third-order valence-corrected chi connectivity index (χ3v) is 8.66. The van der Waals surface area contributed by atoms with Gasteiger partial charge in [-0.25, -0.2) is 0 Å². The molecule has 21 heavy (non-hydrogen) atoms. The molecule has 2 rings (SSSR count). The highest BCUT2D eigenvalue weighted by molar-refractivity contribution is 8.34. The van der Waals surface area contributed by atoms with Gasteiger partial charge < -0.3 is 6.87 Å². The number of benzene rings is 1. The van der Waals surface area contributed by atoms with Crippen molar-refractivity contribution in [3.8, 4) is 0 Å². The Hall–Kier alpha value is -0.290. The van der Waals surface area contributed by atoms with Crippen LogP contribution in [-0.4, -0.2) is 5.51 Å². The third kappa shape index (κ3) is 3.09. The Balaban J connectivity index is 2.59. The van der Waals surface area contributed by atoms with Crippen molar-refractivity contribution in [3.63, 3.8) is 0 Å². The standard InChI is InChI=1S/C13H14F3IO3S/c1-2-3-7-11-9-10-6-4-5-8-12(10)21(11,13(14,15)16)20-17(18)19/h4-6,8-9H,2-3,7H2,1H3. The van der Waals surface area contributed by atoms with E-state index in [4.69, 9.17) is 0 Å². The highest BCUT2D eigenvalue weighted by Gasteiger charge is 2.64. The molecule has 0 radical (unpaired) electrons. The minimum absolute atomic E-state index is 0.0482. The Morgan fingerprint density at radius 1 is 1.24 bits per heavy atom. The number of fused-ring (bicyclic) bond motifs is 1. The quantitative estimate of drug-likeness (QED) is 0.611. The van der Waals surface area contributed by atoms with Crippen molar-refractivity contribution >= 4 is 16.4 Å². The fourth-order valence-corrected chi connectivity index (χ4v) is 8.15. The lowest BCUT2D eigenvalue weighted by Gasteiger charge is -2.33. The normalized spacial score (nSPS) is 24.6. The molecule has 0 saturated heterocycles. The first-order valence-electron chi connectivity index (χ1n) is 6.27. The summed E-state index contributed by atoms with van der Waals surface area (Å²) in [7, 11) is -3.94. The third-order valence-electron chi connectivity index (χ3n) is 3.16. The smallest absolute Gasteiger partial charge is 0.395 e. The van der Waals surface area contributed by atoms with Crippen LogP contribution in [0, 0.1) is 0 Å². The van der Waals surface area contributed by atoms with E-state index >= 15 is 0 Å². The van der Waals surface area contributed by atoms with Gasteiger partial charge in [0, 0.05) is 12.3 Å². The van der Waals surface area contributed by atoms with Gasteiger partial charge >= 0.3 is 26.6 Å². The van der Waals surface area contributed by atoms with Gasteiger partial charge in [-0.1, -0.05) is 31.5 Å². The van der Waals surface area contributed by atoms with Gasteiger partial charge in [-0.2, -0.15) is 13.2 Å². The second-order valence-electron chi connectivity index (χ2n) is 4.51. The summed E-state index contributed by atoms with van der Waals surface area (Å²) < 4.78 is 68.0. The summed E-state index contributed by atoms with van der Waals surface area (Å²) in [5.41, 5.74) is -4.35. The van der Waals surface area contributed by atoms with E-state index < -0.39 is 36.9 Å². The molecule has 1 atom stereocenters. The summed E-state index contributed by atoms with van der Waals surface area (Å²) in [6, 6.07) is 5.97. The Bertz CT molecular complexity index is 548. The van der Waals surface area contributed by atoms with Gasteiger partial charge in [0.15, 0.2) is 0 Å². The topological polar surface area (TPSA) is 55.3 Å². The zero-order chi connectivity index (χ0) is 15.7. The lowest BCUT2D eigenvalue weighted by molar-refractivity contribution is -1.62. The van der Waals surface area contributed by atoms with E-state index in [1.165, 1.54) is 18.2 Å². The number of rotatable bonds is 5. The van der Waals surface area contributed by atoms with Crippen LogP contribution >= 0.6 is 10.3 Å². The van der Waals surface area contributed by atoms with Crippen LogP contribution in [0.2, 0.25) is 0 Å². The molecular formula is C13H14F3IO3S. The SMILES string of the molecule is CCCCC1=Cc2ccccc2S1(O[I+2]([O-])[O-])C(F)(F)F. The minimum atomic E-state index is -4.75. The second kappa shape index (κ2) is 6.45. The maximum Gasteiger partial charge on any atom is 0.520 e. The molecule has 1 aromatic carbocycles. The molecule has 8 heteroatoms. The van der Waals surface area contributed by atoms with Crippen LogP contribution in [0.5, 0.6) is 0 Å². The zero-order valence-electron chi connectivity index (χ0n) is 11.2. The molecule has 0 bridgehead atoms. The molecule has 3 nitrogen and oxygen atoms in total. The molecule has 0 saturated carbocycles. The molecule has 118 valence electrons. The highest BCUT2D eigenvalue weighted by Crippen LogP contribution is 2.76. The van der Waals surface area contributed by atoms with Gasteiger partial charge in [0.25, 0.3) is 0 Å². The largest absolute Gasteiger partial charge is 0.520 e. The molecule has 1 aliphatic heterocycles. The Morgan fingerprint density at radius 3 is 2.48 bits per heavy atom. The summed E-state index contributed by atoms with van der Waals surface area (Å²) >= 11 is -4.52. The van der Waals surface area contributed by atoms with Crippen LogP contribution in [0.15, 0.2) is 34.1 Å². The van der Waals surface area contributed by atoms with Crippen LogP contribution < -0.4 is 27.9 Å². The number of hydrogen-bond donors (Lipinski definition) is 0. The fourth-order valence-electron chi connectivity index (χ4n) is 2.29. The average molecular weight is 434 g/mol. The molecule has 1 unspecified atom stereocenters. The van der Waals surface area contributed by atoms with Crippen molar-refractivity contribution in [3.05, 3.63) is 34.7 Å². The first-order chi connectivity index (χ1) is 9.83. The van der Waals surface area contributed by atoms with Gasteiger partial charge in [0.2, 0.25) is 0 Å². The van der Waals surface area contributed by atoms with E-state index in [0.29, 0.717) is 12.0 Å². The van der Waals surface area contributed by atoms with Gasteiger partial charge in [-0.15, -0.1) is 0 Å². The van der Waals surface area contributed by atoms with Crippen LogP contribution in [0.25, 0.3) is 6.08 Å². The summed E-state index contributed by atoms with van der Waals surface area (Å²) in [6.07, 6.45) is 2.90. The highest BCUT2D eigenvalue weighted by atomic mass is 127. The fraction of sp³-hybridized carbons (Fsp3) is 0.385. The van der Waals surface area contributed by atoms with E-state index in [2.05, 4.69) is 2.51 Å². The number of unbranched alkanes of at least 4 members (excludes halogenated alkanes) is 1. The number of alkyl halides is 3.